The zero-order chi connectivity index (χ0) is 23.7. The summed E-state index contributed by atoms with van der Waals surface area (Å²) in [4.78, 5) is 34.3. The number of amides is 2. The molecule has 1 saturated heterocycles. The molecule has 1 aliphatic rings. The summed E-state index contributed by atoms with van der Waals surface area (Å²) in [5.74, 6) is 1.52. The quantitative estimate of drug-likeness (QED) is 0.469. The van der Waals surface area contributed by atoms with E-state index >= 15 is 0 Å². The largest absolute Gasteiger partial charge is 0.497 e. The lowest BCUT2D eigenvalue weighted by Crippen LogP contribution is -2.50. The third kappa shape index (κ3) is 4.01. The molecule has 0 bridgehead atoms. The molecule has 5 rings (SSSR count). The number of nitrogens with zero attached hydrogens (tertiary/aromatic N) is 4. The molecule has 0 saturated carbocycles. The van der Waals surface area contributed by atoms with Crippen LogP contribution < -0.4 is 4.74 Å². The smallest absolute Gasteiger partial charge is 0.254 e. The average Bonchev–Trinajstić information content (AvgIpc) is 3.23. The molecule has 34 heavy (non-hydrogen) atoms. The number of imidazole rings is 1. The summed E-state index contributed by atoms with van der Waals surface area (Å²) in [6.07, 6.45) is 0. The number of hydrogen-bond acceptors (Lipinski definition) is 4. The average molecular weight is 455 g/mol. The molecular formula is C27H26N4O3. The maximum absolute atomic E-state index is 13.2. The Morgan fingerprint density at radius 2 is 1.38 bits per heavy atom. The Bertz CT molecular complexity index is 1340. The number of benzene rings is 3. The Morgan fingerprint density at radius 3 is 2.00 bits per heavy atom. The summed E-state index contributed by atoms with van der Waals surface area (Å²) in [5, 5.41) is 0. The molecule has 0 radical (unpaired) electrons. The molecule has 2 heterocycles. The van der Waals surface area contributed by atoms with Crippen molar-refractivity contribution in [1.82, 2.24) is 19.4 Å². The fourth-order valence-corrected chi connectivity index (χ4v) is 4.45. The van der Waals surface area contributed by atoms with E-state index in [2.05, 4.69) is 9.55 Å². The van der Waals surface area contributed by atoms with Crippen LogP contribution in [-0.2, 0) is 0 Å². The summed E-state index contributed by atoms with van der Waals surface area (Å²) < 4.78 is 7.25. The molecule has 172 valence electrons. The van der Waals surface area contributed by atoms with Crippen molar-refractivity contribution in [1.29, 1.82) is 0 Å². The SMILES string of the molecule is COc1ccc(C(=O)N2CCN(C(=O)c3ccc4c(c3)nc(C)n4-c3ccccc3)CC2)cc1. The van der Waals surface area contributed by atoms with Crippen LogP contribution in [0.2, 0.25) is 0 Å². The van der Waals surface area contributed by atoms with E-state index in [1.807, 2.05) is 55.5 Å². The van der Waals surface area contributed by atoms with E-state index in [4.69, 9.17) is 4.74 Å². The van der Waals surface area contributed by atoms with Crippen molar-refractivity contribution >= 4 is 22.8 Å². The van der Waals surface area contributed by atoms with Gasteiger partial charge in [0, 0.05) is 43.0 Å². The van der Waals surface area contributed by atoms with Gasteiger partial charge >= 0.3 is 0 Å². The normalized spacial score (nSPS) is 13.8. The maximum atomic E-state index is 13.2. The fourth-order valence-electron chi connectivity index (χ4n) is 4.45. The summed E-state index contributed by atoms with van der Waals surface area (Å²) in [7, 11) is 1.60. The number of methoxy groups -OCH3 is 1. The molecule has 0 atom stereocenters. The first-order valence-corrected chi connectivity index (χ1v) is 11.3. The number of fused-ring (bicyclic) bond motifs is 1. The summed E-state index contributed by atoms with van der Waals surface area (Å²) in [6.45, 7) is 3.96. The van der Waals surface area contributed by atoms with E-state index < -0.39 is 0 Å². The number of ether oxygens (including phenoxy) is 1. The van der Waals surface area contributed by atoms with Crippen LogP contribution in [0.3, 0.4) is 0 Å². The van der Waals surface area contributed by atoms with Gasteiger partial charge in [0.15, 0.2) is 0 Å². The second-order valence-electron chi connectivity index (χ2n) is 8.35. The fraction of sp³-hybridized carbons (Fsp3) is 0.222. The first kappa shape index (κ1) is 21.7. The van der Waals surface area contributed by atoms with E-state index in [-0.39, 0.29) is 11.8 Å². The molecule has 1 fully saturated rings. The van der Waals surface area contributed by atoms with Crippen LogP contribution in [-0.4, -0.2) is 64.5 Å². The number of carbonyl (C=O) groups is 2. The highest BCUT2D eigenvalue weighted by Gasteiger charge is 2.26. The minimum absolute atomic E-state index is 0.0295. The lowest BCUT2D eigenvalue weighted by molar-refractivity contribution is 0.0535. The minimum Gasteiger partial charge on any atom is -0.497 e. The van der Waals surface area contributed by atoms with Crippen molar-refractivity contribution in [3.05, 3.63) is 89.7 Å². The predicted molar refractivity (Wildman–Crippen MR) is 131 cm³/mol. The Hall–Kier alpha value is -4.13. The first-order valence-electron chi connectivity index (χ1n) is 11.3. The zero-order valence-electron chi connectivity index (χ0n) is 19.3. The molecule has 0 spiro atoms. The number of hydrogen-bond donors (Lipinski definition) is 0. The molecule has 0 aliphatic carbocycles. The van der Waals surface area contributed by atoms with Gasteiger partial charge in [-0.15, -0.1) is 0 Å². The second kappa shape index (κ2) is 9.02. The summed E-state index contributed by atoms with van der Waals surface area (Å²) in [5.41, 5.74) is 4.03. The van der Waals surface area contributed by atoms with Crippen molar-refractivity contribution < 1.29 is 14.3 Å². The van der Waals surface area contributed by atoms with Gasteiger partial charge in [-0.25, -0.2) is 4.98 Å². The molecular weight excluding hydrogens is 428 g/mol. The molecule has 4 aromatic rings. The molecule has 1 aliphatic heterocycles. The van der Waals surface area contributed by atoms with Gasteiger partial charge < -0.3 is 14.5 Å². The minimum atomic E-state index is -0.0367. The molecule has 7 nitrogen and oxygen atoms in total. The third-order valence-corrected chi connectivity index (χ3v) is 6.27. The van der Waals surface area contributed by atoms with Crippen LogP contribution in [0.25, 0.3) is 16.7 Å². The van der Waals surface area contributed by atoms with E-state index in [1.54, 1.807) is 41.2 Å². The lowest BCUT2D eigenvalue weighted by atomic mass is 10.1. The number of aromatic nitrogens is 2. The standard InChI is InChI=1S/C27H26N4O3/c1-19-28-24-18-21(10-13-25(24)31(19)22-6-4-3-5-7-22)27(33)30-16-14-29(15-17-30)26(32)20-8-11-23(34-2)12-9-20/h3-13,18H,14-17H2,1-2H3. The number of piperazine rings is 1. The monoisotopic (exact) mass is 454 g/mol. The molecule has 0 unspecified atom stereocenters. The highest BCUT2D eigenvalue weighted by atomic mass is 16.5. The van der Waals surface area contributed by atoms with E-state index in [0.29, 0.717) is 43.1 Å². The van der Waals surface area contributed by atoms with Crippen molar-refractivity contribution in [3.8, 4) is 11.4 Å². The van der Waals surface area contributed by atoms with Gasteiger partial charge in [-0.3, -0.25) is 14.2 Å². The van der Waals surface area contributed by atoms with E-state index in [9.17, 15) is 9.59 Å². The number of rotatable bonds is 4. The van der Waals surface area contributed by atoms with Crippen LogP contribution in [0.5, 0.6) is 5.75 Å². The van der Waals surface area contributed by atoms with Crippen LogP contribution >= 0.6 is 0 Å². The van der Waals surface area contributed by atoms with Gasteiger partial charge in [-0.1, -0.05) is 18.2 Å². The van der Waals surface area contributed by atoms with Crippen LogP contribution in [0.15, 0.2) is 72.8 Å². The number of aryl methyl sites for hydroxylation is 1. The second-order valence-corrected chi connectivity index (χ2v) is 8.35. The first-order chi connectivity index (χ1) is 16.5. The van der Waals surface area contributed by atoms with Gasteiger partial charge in [0.2, 0.25) is 0 Å². The van der Waals surface area contributed by atoms with Crippen molar-refractivity contribution in [3.63, 3.8) is 0 Å². The van der Waals surface area contributed by atoms with Crippen molar-refractivity contribution in [2.45, 2.75) is 6.92 Å². The van der Waals surface area contributed by atoms with Crippen LogP contribution in [0.4, 0.5) is 0 Å². The van der Waals surface area contributed by atoms with E-state index in [1.165, 1.54) is 0 Å². The molecule has 2 amide bonds. The van der Waals surface area contributed by atoms with Gasteiger partial charge in [0.05, 0.1) is 18.1 Å². The molecule has 3 aromatic carbocycles. The number of para-hydroxylation sites is 1. The summed E-state index contributed by atoms with van der Waals surface area (Å²) in [6, 6.07) is 22.8. The Balaban J connectivity index is 1.29. The molecule has 1 aromatic heterocycles. The molecule has 0 N–H and O–H groups in total. The predicted octanol–water partition coefficient (Wildman–Crippen LogP) is 3.94. The van der Waals surface area contributed by atoms with Gasteiger partial charge in [-0.05, 0) is 61.5 Å². The van der Waals surface area contributed by atoms with Crippen LogP contribution in [0.1, 0.15) is 26.5 Å². The molecule has 7 heteroatoms. The highest BCUT2D eigenvalue weighted by molar-refractivity contribution is 5.98. The van der Waals surface area contributed by atoms with Gasteiger partial charge in [-0.2, -0.15) is 0 Å². The maximum Gasteiger partial charge on any atom is 0.254 e. The zero-order valence-corrected chi connectivity index (χ0v) is 19.3. The lowest BCUT2D eigenvalue weighted by Gasteiger charge is -2.35. The van der Waals surface area contributed by atoms with Crippen molar-refractivity contribution in [2.75, 3.05) is 33.3 Å². The topological polar surface area (TPSA) is 67.7 Å². The van der Waals surface area contributed by atoms with Gasteiger partial charge in [0.25, 0.3) is 11.8 Å². The Morgan fingerprint density at radius 1 is 0.794 bits per heavy atom. The van der Waals surface area contributed by atoms with Crippen LogP contribution in [0, 0.1) is 6.92 Å². The third-order valence-electron chi connectivity index (χ3n) is 6.27. The van der Waals surface area contributed by atoms with E-state index in [0.717, 1.165) is 22.5 Å². The Kier molecular flexibility index (Phi) is 5.76. The Labute approximate surface area is 198 Å². The van der Waals surface area contributed by atoms with Crippen molar-refractivity contribution in [2.24, 2.45) is 0 Å². The van der Waals surface area contributed by atoms with Gasteiger partial charge in [0.1, 0.15) is 11.6 Å². The summed E-state index contributed by atoms with van der Waals surface area (Å²) >= 11 is 0. The number of carbonyl (C=O) groups excluding carboxylic acids is 2. The highest BCUT2D eigenvalue weighted by Crippen LogP contribution is 2.23.